The molecule has 0 spiro atoms. The molecule has 0 fully saturated rings. The summed E-state index contributed by atoms with van der Waals surface area (Å²) in [4.78, 5) is 0. The Kier molecular flexibility index (Phi) is 3.72. The molecule has 0 saturated heterocycles. The Hall–Kier alpha value is -1.84. The Morgan fingerprint density at radius 1 is 0.850 bits per heavy atom. The van der Waals surface area contributed by atoms with Crippen molar-refractivity contribution in [2.75, 3.05) is 0 Å². The fraction of sp³-hybridized carbons (Fsp3) is 0.0588. The van der Waals surface area contributed by atoms with Crippen molar-refractivity contribution in [3.8, 4) is 11.5 Å². The summed E-state index contributed by atoms with van der Waals surface area (Å²) in [5, 5.41) is 2.26. The van der Waals surface area contributed by atoms with Gasteiger partial charge in [0.05, 0.1) is 0 Å². The Bertz CT molecular complexity index is 750. The molecule has 0 bridgehead atoms. The van der Waals surface area contributed by atoms with Crippen molar-refractivity contribution in [3.63, 3.8) is 0 Å². The molecule has 2 nitrogen and oxygen atoms in total. The zero-order valence-electron chi connectivity index (χ0n) is 10.8. The summed E-state index contributed by atoms with van der Waals surface area (Å²) in [7, 11) is 0. The molecule has 3 rings (SSSR count). The van der Waals surface area contributed by atoms with Crippen LogP contribution in [0.2, 0.25) is 0 Å². The van der Waals surface area contributed by atoms with Crippen molar-refractivity contribution in [1.82, 2.24) is 0 Å². The van der Waals surface area contributed by atoms with Gasteiger partial charge in [-0.25, -0.2) is 0 Å². The first kappa shape index (κ1) is 13.2. The lowest BCUT2D eigenvalue weighted by Gasteiger charge is -2.13. The van der Waals surface area contributed by atoms with Gasteiger partial charge in [0, 0.05) is 22.0 Å². The lowest BCUT2D eigenvalue weighted by molar-refractivity contribution is 0.481. The van der Waals surface area contributed by atoms with Crippen LogP contribution in [0.5, 0.6) is 11.5 Å². The van der Waals surface area contributed by atoms with Crippen LogP contribution >= 0.6 is 15.9 Å². The van der Waals surface area contributed by atoms with Crippen molar-refractivity contribution in [3.05, 3.63) is 70.7 Å². The summed E-state index contributed by atoms with van der Waals surface area (Å²) in [6, 6.07) is 20.1. The van der Waals surface area contributed by atoms with Crippen LogP contribution in [0.25, 0.3) is 10.8 Å². The highest BCUT2D eigenvalue weighted by Gasteiger charge is 2.09. The van der Waals surface area contributed by atoms with Gasteiger partial charge >= 0.3 is 0 Å². The summed E-state index contributed by atoms with van der Waals surface area (Å²) in [6.07, 6.45) is 0. The van der Waals surface area contributed by atoms with E-state index in [0.717, 1.165) is 32.3 Å². The van der Waals surface area contributed by atoms with Crippen molar-refractivity contribution in [2.24, 2.45) is 5.73 Å². The normalized spacial score (nSPS) is 10.7. The van der Waals surface area contributed by atoms with Crippen molar-refractivity contribution >= 4 is 26.7 Å². The number of halogens is 1. The average molecular weight is 328 g/mol. The molecule has 0 aliphatic rings. The number of rotatable bonds is 3. The molecule has 0 atom stereocenters. The summed E-state index contributed by atoms with van der Waals surface area (Å²) in [6.45, 7) is 0.432. The lowest BCUT2D eigenvalue weighted by atomic mass is 10.1. The number of nitrogens with two attached hydrogens (primary N) is 1. The maximum Gasteiger partial charge on any atom is 0.135 e. The first-order valence-corrected chi connectivity index (χ1v) is 7.22. The van der Waals surface area contributed by atoms with Gasteiger partial charge in [-0.05, 0) is 23.6 Å². The Balaban J connectivity index is 2.08. The van der Waals surface area contributed by atoms with E-state index in [4.69, 9.17) is 10.5 Å². The van der Waals surface area contributed by atoms with Gasteiger partial charge in [-0.3, -0.25) is 0 Å². The first-order valence-electron chi connectivity index (χ1n) is 6.42. The van der Waals surface area contributed by atoms with Crippen LogP contribution in [-0.2, 0) is 6.54 Å². The third kappa shape index (κ3) is 2.42. The standard InChI is InChI=1S/C17H14BrNO/c18-15-8-4-10-17(14(15)11-19)20-16-9-3-6-12-5-1-2-7-13(12)16/h1-10H,11,19H2. The fourth-order valence-corrected chi connectivity index (χ4v) is 2.75. The molecule has 2 N–H and O–H groups in total. The van der Waals surface area contributed by atoms with E-state index < -0.39 is 0 Å². The molecule has 0 heterocycles. The molecule has 0 radical (unpaired) electrons. The smallest absolute Gasteiger partial charge is 0.135 e. The number of hydrogen-bond donors (Lipinski definition) is 1. The fourth-order valence-electron chi connectivity index (χ4n) is 2.24. The molecule has 0 aliphatic heterocycles. The number of ether oxygens (including phenoxy) is 1. The second-order valence-corrected chi connectivity index (χ2v) is 5.35. The molecule has 0 amide bonds. The van der Waals surface area contributed by atoms with Crippen LogP contribution in [0.1, 0.15) is 5.56 Å². The van der Waals surface area contributed by atoms with Gasteiger partial charge in [-0.15, -0.1) is 0 Å². The predicted molar refractivity (Wildman–Crippen MR) is 86.1 cm³/mol. The molecule has 3 aromatic carbocycles. The van der Waals surface area contributed by atoms with Crippen LogP contribution in [0.3, 0.4) is 0 Å². The summed E-state index contributed by atoms with van der Waals surface area (Å²) >= 11 is 3.51. The van der Waals surface area contributed by atoms with E-state index >= 15 is 0 Å². The summed E-state index contributed by atoms with van der Waals surface area (Å²) < 4.78 is 7.05. The third-order valence-corrected chi connectivity index (χ3v) is 3.99. The topological polar surface area (TPSA) is 35.2 Å². The molecule has 0 aromatic heterocycles. The number of benzene rings is 3. The average Bonchev–Trinajstić information content (AvgIpc) is 2.48. The zero-order chi connectivity index (χ0) is 13.9. The lowest BCUT2D eigenvalue weighted by Crippen LogP contribution is -2.00. The molecular weight excluding hydrogens is 314 g/mol. The van der Waals surface area contributed by atoms with Crippen LogP contribution in [-0.4, -0.2) is 0 Å². The second-order valence-electron chi connectivity index (χ2n) is 4.50. The van der Waals surface area contributed by atoms with Crippen LogP contribution in [0.15, 0.2) is 65.1 Å². The van der Waals surface area contributed by atoms with Gasteiger partial charge in [0.1, 0.15) is 11.5 Å². The molecule has 0 aliphatic carbocycles. The quantitative estimate of drug-likeness (QED) is 0.746. The van der Waals surface area contributed by atoms with E-state index in [-0.39, 0.29) is 0 Å². The molecule has 0 saturated carbocycles. The number of fused-ring (bicyclic) bond motifs is 1. The van der Waals surface area contributed by atoms with E-state index in [1.807, 2.05) is 42.5 Å². The molecule has 3 heteroatoms. The zero-order valence-corrected chi connectivity index (χ0v) is 12.4. The van der Waals surface area contributed by atoms with Crippen LogP contribution in [0, 0.1) is 0 Å². The highest BCUT2D eigenvalue weighted by atomic mass is 79.9. The van der Waals surface area contributed by atoms with E-state index in [0.29, 0.717) is 6.54 Å². The Labute approximate surface area is 126 Å². The monoisotopic (exact) mass is 327 g/mol. The molecule has 3 aromatic rings. The third-order valence-electron chi connectivity index (χ3n) is 3.25. The van der Waals surface area contributed by atoms with Gasteiger partial charge < -0.3 is 10.5 Å². The molecule has 100 valence electrons. The van der Waals surface area contributed by atoms with Gasteiger partial charge in [0.2, 0.25) is 0 Å². The molecule has 0 unspecified atom stereocenters. The molecule has 20 heavy (non-hydrogen) atoms. The minimum Gasteiger partial charge on any atom is -0.456 e. The largest absolute Gasteiger partial charge is 0.456 e. The minimum absolute atomic E-state index is 0.432. The summed E-state index contributed by atoms with van der Waals surface area (Å²) in [5.74, 6) is 1.63. The van der Waals surface area contributed by atoms with Gasteiger partial charge in [0.15, 0.2) is 0 Å². The van der Waals surface area contributed by atoms with Crippen molar-refractivity contribution in [1.29, 1.82) is 0 Å². The highest BCUT2D eigenvalue weighted by Crippen LogP contribution is 2.33. The van der Waals surface area contributed by atoms with Crippen molar-refractivity contribution in [2.45, 2.75) is 6.54 Å². The second kappa shape index (κ2) is 5.65. The molecular formula is C17H14BrNO. The van der Waals surface area contributed by atoms with E-state index in [2.05, 4.69) is 34.1 Å². The van der Waals surface area contributed by atoms with Gasteiger partial charge in [-0.2, -0.15) is 0 Å². The van der Waals surface area contributed by atoms with Gasteiger partial charge in [0.25, 0.3) is 0 Å². The first-order chi connectivity index (χ1) is 9.79. The SMILES string of the molecule is NCc1c(Br)cccc1Oc1cccc2ccccc12. The van der Waals surface area contributed by atoms with Crippen LogP contribution < -0.4 is 10.5 Å². The van der Waals surface area contributed by atoms with E-state index in [1.54, 1.807) is 0 Å². The maximum atomic E-state index is 6.08. The van der Waals surface area contributed by atoms with Crippen LogP contribution in [0.4, 0.5) is 0 Å². The maximum absolute atomic E-state index is 6.08. The van der Waals surface area contributed by atoms with Gasteiger partial charge in [-0.1, -0.05) is 58.4 Å². The van der Waals surface area contributed by atoms with Crippen molar-refractivity contribution < 1.29 is 4.74 Å². The highest BCUT2D eigenvalue weighted by molar-refractivity contribution is 9.10. The predicted octanol–water partition coefficient (Wildman–Crippen LogP) is 4.85. The van der Waals surface area contributed by atoms with E-state index in [9.17, 15) is 0 Å². The minimum atomic E-state index is 0.432. The summed E-state index contributed by atoms with van der Waals surface area (Å²) in [5.41, 5.74) is 6.78. The Morgan fingerprint density at radius 3 is 2.40 bits per heavy atom. The Morgan fingerprint density at radius 2 is 1.55 bits per heavy atom. The number of hydrogen-bond acceptors (Lipinski definition) is 2. The van der Waals surface area contributed by atoms with E-state index in [1.165, 1.54) is 0 Å².